The Morgan fingerprint density at radius 2 is 1.85 bits per heavy atom. The second kappa shape index (κ2) is 8.18. The molecule has 8 heteroatoms. The lowest BCUT2D eigenvalue weighted by molar-refractivity contribution is -0.140. The smallest absolute Gasteiger partial charge is 0.305 e. The molecule has 7 nitrogen and oxygen atoms in total. The van der Waals surface area contributed by atoms with Gasteiger partial charge in [0.1, 0.15) is 11.0 Å². The molecular formula is C18H20N2O5S. The van der Waals surface area contributed by atoms with E-state index in [1.807, 2.05) is 12.1 Å². The fraction of sp³-hybridized carbons (Fsp3) is 0.389. The Kier molecular flexibility index (Phi) is 5.72. The van der Waals surface area contributed by atoms with Crippen LogP contribution < -0.4 is 14.2 Å². The van der Waals surface area contributed by atoms with Crippen molar-refractivity contribution in [1.29, 1.82) is 0 Å². The number of aromatic nitrogens is 2. The third-order valence-corrected chi connectivity index (χ3v) is 5.10. The molecule has 0 fully saturated rings. The summed E-state index contributed by atoms with van der Waals surface area (Å²) < 4.78 is 23.1. The first-order valence-corrected chi connectivity index (χ1v) is 8.98. The highest BCUT2D eigenvalue weighted by atomic mass is 32.1. The van der Waals surface area contributed by atoms with Crippen molar-refractivity contribution >= 4 is 37.6 Å². The zero-order chi connectivity index (χ0) is 18.5. The fourth-order valence-electron chi connectivity index (χ4n) is 2.63. The number of esters is 1. The van der Waals surface area contributed by atoms with E-state index >= 15 is 0 Å². The second-order valence-corrected chi connectivity index (χ2v) is 6.60. The van der Waals surface area contributed by atoms with Gasteiger partial charge in [0, 0.05) is 22.6 Å². The lowest BCUT2D eigenvalue weighted by atomic mass is 10.2. The summed E-state index contributed by atoms with van der Waals surface area (Å²) in [5.74, 6) is 1.67. The van der Waals surface area contributed by atoms with Crippen molar-refractivity contribution < 1.29 is 23.7 Å². The first-order chi connectivity index (χ1) is 12.7. The van der Waals surface area contributed by atoms with Gasteiger partial charge in [0.15, 0.2) is 11.5 Å². The molecule has 0 aliphatic carbocycles. The summed E-state index contributed by atoms with van der Waals surface area (Å²) in [5.41, 5.74) is 0.825. The van der Waals surface area contributed by atoms with Crippen LogP contribution in [0.15, 0.2) is 18.5 Å². The van der Waals surface area contributed by atoms with E-state index in [1.165, 1.54) is 13.4 Å². The number of carbonyl (C=O) groups is 1. The zero-order valence-corrected chi connectivity index (χ0v) is 15.7. The summed E-state index contributed by atoms with van der Waals surface area (Å²) in [6.07, 6.45) is 3.34. The van der Waals surface area contributed by atoms with Gasteiger partial charge in [-0.3, -0.25) is 4.79 Å². The number of hydrogen-bond donors (Lipinski definition) is 0. The molecular weight excluding hydrogens is 356 g/mol. The van der Waals surface area contributed by atoms with Gasteiger partial charge in [-0.1, -0.05) is 0 Å². The molecule has 0 aliphatic heterocycles. The van der Waals surface area contributed by atoms with Crippen LogP contribution in [0.3, 0.4) is 0 Å². The highest BCUT2D eigenvalue weighted by molar-refractivity contribution is 7.26. The highest BCUT2D eigenvalue weighted by Crippen LogP contribution is 2.42. The number of methoxy groups -OCH3 is 3. The van der Waals surface area contributed by atoms with Gasteiger partial charge in [0.2, 0.25) is 5.88 Å². The summed E-state index contributed by atoms with van der Waals surface area (Å²) in [4.78, 5) is 19.8. The van der Waals surface area contributed by atoms with Crippen molar-refractivity contribution in [2.75, 3.05) is 27.9 Å². The minimum absolute atomic E-state index is 0.207. The maximum Gasteiger partial charge on any atom is 0.305 e. The van der Waals surface area contributed by atoms with Gasteiger partial charge in [-0.2, -0.15) is 0 Å². The Balaban J connectivity index is 1.82. The molecule has 3 aromatic rings. The number of ether oxygens (including phenoxy) is 4. The quantitative estimate of drug-likeness (QED) is 0.439. The lowest BCUT2D eigenvalue weighted by Gasteiger charge is -2.07. The molecule has 1 aromatic carbocycles. The number of rotatable bonds is 8. The molecule has 138 valence electrons. The Labute approximate surface area is 154 Å². The summed E-state index contributed by atoms with van der Waals surface area (Å²) in [7, 11) is 4.61. The molecule has 0 atom stereocenters. The van der Waals surface area contributed by atoms with E-state index in [0.717, 1.165) is 26.7 Å². The first-order valence-electron chi connectivity index (χ1n) is 8.16. The van der Waals surface area contributed by atoms with E-state index in [0.29, 0.717) is 36.8 Å². The van der Waals surface area contributed by atoms with Crippen LogP contribution in [-0.2, 0) is 9.53 Å². The van der Waals surface area contributed by atoms with Gasteiger partial charge < -0.3 is 18.9 Å². The van der Waals surface area contributed by atoms with Crippen LogP contribution in [0.5, 0.6) is 17.4 Å². The molecule has 0 unspecified atom stereocenters. The van der Waals surface area contributed by atoms with E-state index < -0.39 is 0 Å². The predicted octanol–water partition coefficient (Wildman–Crippen LogP) is 3.58. The van der Waals surface area contributed by atoms with Gasteiger partial charge in [0.05, 0.1) is 33.5 Å². The number of thiophene rings is 1. The van der Waals surface area contributed by atoms with Crippen LogP contribution in [0.1, 0.15) is 19.3 Å². The molecule has 26 heavy (non-hydrogen) atoms. The number of unbranched alkanes of at least 4 members (excludes halogenated alkanes) is 1. The molecule has 0 saturated heterocycles. The number of benzene rings is 1. The summed E-state index contributed by atoms with van der Waals surface area (Å²) >= 11 is 1.55. The van der Waals surface area contributed by atoms with Crippen LogP contribution >= 0.6 is 11.3 Å². The van der Waals surface area contributed by atoms with Crippen LogP contribution in [0.4, 0.5) is 0 Å². The van der Waals surface area contributed by atoms with Crippen LogP contribution in [0, 0.1) is 0 Å². The lowest BCUT2D eigenvalue weighted by Crippen LogP contribution is -2.03. The molecule has 0 N–H and O–H groups in total. The minimum atomic E-state index is -0.207. The molecule has 0 aliphatic rings. The Morgan fingerprint density at radius 1 is 1.08 bits per heavy atom. The molecule has 2 heterocycles. The van der Waals surface area contributed by atoms with Gasteiger partial charge in [-0.05, 0) is 18.9 Å². The Morgan fingerprint density at radius 3 is 2.58 bits per heavy atom. The summed E-state index contributed by atoms with van der Waals surface area (Å²) in [6.45, 7) is 0.476. The molecule has 3 rings (SSSR count). The maximum absolute atomic E-state index is 11.1. The van der Waals surface area contributed by atoms with Crippen LogP contribution in [-0.4, -0.2) is 43.9 Å². The number of fused-ring (bicyclic) bond motifs is 3. The van der Waals surface area contributed by atoms with E-state index in [-0.39, 0.29) is 5.97 Å². The normalized spacial score (nSPS) is 10.9. The largest absolute Gasteiger partial charge is 0.493 e. The van der Waals surface area contributed by atoms with Gasteiger partial charge in [-0.25, -0.2) is 9.97 Å². The average molecular weight is 376 g/mol. The standard InChI is InChI=1S/C18H20N2O5S/c1-22-12-8-11-14(9-13(12)23-2)26-17-16(11)19-10-20-18(17)25-7-5-4-6-15(21)24-3/h8-10H,4-7H2,1-3H3. The van der Waals surface area contributed by atoms with Crippen LogP contribution in [0.2, 0.25) is 0 Å². The third-order valence-electron chi connectivity index (χ3n) is 3.97. The predicted molar refractivity (Wildman–Crippen MR) is 99.4 cm³/mol. The highest BCUT2D eigenvalue weighted by Gasteiger charge is 2.16. The van der Waals surface area contributed by atoms with Gasteiger partial charge in [0.25, 0.3) is 0 Å². The number of hydrogen-bond acceptors (Lipinski definition) is 8. The van der Waals surface area contributed by atoms with E-state index in [2.05, 4.69) is 14.7 Å². The molecule has 0 spiro atoms. The minimum Gasteiger partial charge on any atom is -0.493 e. The van der Waals surface area contributed by atoms with Gasteiger partial charge in [-0.15, -0.1) is 11.3 Å². The second-order valence-electron chi connectivity index (χ2n) is 5.54. The molecule has 0 amide bonds. The third kappa shape index (κ3) is 3.65. The zero-order valence-electron chi connectivity index (χ0n) is 14.9. The molecule has 0 radical (unpaired) electrons. The number of nitrogens with zero attached hydrogens (tertiary/aromatic N) is 2. The monoisotopic (exact) mass is 376 g/mol. The van der Waals surface area contributed by atoms with Crippen molar-refractivity contribution in [1.82, 2.24) is 9.97 Å². The summed E-state index contributed by atoms with van der Waals surface area (Å²) in [5, 5.41) is 0.973. The summed E-state index contributed by atoms with van der Waals surface area (Å²) in [6, 6.07) is 3.85. The number of carbonyl (C=O) groups excluding carboxylic acids is 1. The average Bonchev–Trinajstić information content (AvgIpc) is 3.04. The van der Waals surface area contributed by atoms with E-state index in [4.69, 9.17) is 14.2 Å². The van der Waals surface area contributed by atoms with E-state index in [1.54, 1.807) is 25.6 Å². The molecule has 2 aromatic heterocycles. The van der Waals surface area contributed by atoms with Crippen molar-refractivity contribution in [2.45, 2.75) is 19.3 Å². The molecule has 0 saturated carbocycles. The Hall–Kier alpha value is -2.61. The van der Waals surface area contributed by atoms with Crippen molar-refractivity contribution in [3.05, 3.63) is 18.5 Å². The maximum atomic E-state index is 11.1. The molecule has 0 bridgehead atoms. The van der Waals surface area contributed by atoms with E-state index in [9.17, 15) is 4.79 Å². The SMILES string of the molecule is COC(=O)CCCCOc1ncnc2c1sc1cc(OC)c(OC)cc12. The fourth-order valence-corrected chi connectivity index (χ4v) is 3.74. The van der Waals surface area contributed by atoms with Crippen molar-refractivity contribution in [2.24, 2.45) is 0 Å². The van der Waals surface area contributed by atoms with Crippen molar-refractivity contribution in [3.8, 4) is 17.4 Å². The van der Waals surface area contributed by atoms with Gasteiger partial charge >= 0.3 is 5.97 Å². The topological polar surface area (TPSA) is 79.8 Å². The van der Waals surface area contributed by atoms with Crippen LogP contribution in [0.25, 0.3) is 20.3 Å². The first kappa shape index (κ1) is 18.2. The Bertz CT molecular complexity index is 925. The van der Waals surface area contributed by atoms with Crippen molar-refractivity contribution in [3.63, 3.8) is 0 Å².